The molecular formula is C14H19ClN2OS. The van der Waals surface area contributed by atoms with Gasteiger partial charge in [0.1, 0.15) is 17.1 Å². The van der Waals surface area contributed by atoms with E-state index in [0.717, 1.165) is 28.4 Å². The van der Waals surface area contributed by atoms with Crippen molar-refractivity contribution in [3.8, 4) is 5.75 Å². The molecule has 0 fully saturated rings. The van der Waals surface area contributed by atoms with E-state index in [1.54, 1.807) is 7.11 Å². The van der Waals surface area contributed by atoms with Gasteiger partial charge in [0.2, 0.25) is 0 Å². The number of halogens is 1. The average molecular weight is 299 g/mol. The first kappa shape index (κ1) is 14.5. The first-order chi connectivity index (χ1) is 9.10. The van der Waals surface area contributed by atoms with Gasteiger partial charge in [-0.3, -0.25) is 0 Å². The zero-order chi connectivity index (χ0) is 14.0. The third-order valence-corrected chi connectivity index (χ3v) is 4.15. The summed E-state index contributed by atoms with van der Waals surface area (Å²) in [4.78, 5) is 4.68. The zero-order valence-corrected chi connectivity index (χ0v) is 13.3. The summed E-state index contributed by atoms with van der Waals surface area (Å²) in [5.74, 6) is 2.73. The van der Waals surface area contributed by atoms with Crippen LogP contribution in [0.15, 0.2) is 18.2 Å². The number of hydrogen-bond donors (Lipinski definition) is 0. The van der Waals surface area contributed by atoms with Crippen LogP contribution in [0.25, 0.3) is 11.0 Å². The highest BCUT2D eigenvalue weighted by Gasteiger charge is 2.20. The second-order valence-corrected chi connectivity index (χ2v) is 6.15. The second kappa shape index (κ2) is 6.06. The highest BCUT2D eigenvalue weighted by Crippen LogP contribution is 2.33. The molecule has 3 nitrogen and oxygen atoms in total. The van der Waals surface area contributed by atoms with Crippen LogP contribution in [0.5, 0.6) is 5.75 Å². The summed E-state index contributed by atoms with van der Waals surface area (Å²) < 4.78 is 7.62. The standard InChI is InChI=1S/C14H19ClN2OS/c1-9(8-19-4)17-11-6-5-7-12(18-3)13(11)16-14(17)10(2)15/h5-7,9-10H,8H2,1-4H3. The van der Waals surface area contributed by atoms with Crippen LogP contribution in [0.2, 0.25) is 0 Å². The van der Waals surface area contributed by atoms with Crippen LogP contribution in [-0.4, -0.2) is 28.7 Å². The quantitative estimate of drug-likeness (QED) is 0.771. The van der Waals surface area contributed by atoms with E-state index in [0.29, 0.717) is 6.04 Å². The Morgan fingerprint density at radius 1 is 1.42 bits per heavy atom. The minimum atomic E-state index is -0.124. The first-order valence-electron chi connectivity index (χ1n) is 6.28. The lowest BCUT2D eigenvalue weighted by molar-refractivity contribution is 0.419. The van der Waals surface area contributed by atoms with Crippen molar-refractivity contribution in [1.82, 2.24) is 9.55 Å². The van der Waals surface area contributed by atoms with Crippen LogP contribution in [0.1, 0.15) is 31.1 Å². The van der Waals surface area contributed by atoms with Crippen LogP contribution in [-0.2, 0) is 0 Å². The van der Waals surface area contributed by atoms with E-state index < -0.39 is 0 Å². The van der Waals surface area contributed by atoms with Gasteiger partial charge in [0, 0.05) is 11.8 Å². The van der Waals surface area contributed by atoms with Gasteiger partial charge in [-0.2, -0.15) is 11.8 Å². The maximum absolute atomic E-state index is 6.29. The van der Waals surface area contributed by atoms with Crippen molar-refractivity contribution >= 4 is 34.4 Å². The molecule has 5 heteroatoms. The highest BCUT2D eigenvalue weighted by molar-refractivity contribution is 7.98. The molecule has 0 bridgehead atoms. The Balaban J connectivity index is 2.67. The topological polar surface area (TPSA) is 27.1 Å². The highest BCUT2D eigenvalue weighted by atomic mass is 35.5. The fraction of sp³-hybridized carbons (Fsp3) is 0.500. The van der Waals surface area contributed by atoms with Gasteiger partial charge < -0.3 is 9.30 Å². The summed E-state index contributed by atoms with van der Waals surface area (Å²) in [5.41, 5.74) is 1.98. The fourth-order valence-corrected chi connectivity index (χ4v) is 3.12. The van der Waals surface area contributed by atoms with Crippen LogP contribution in [0.4, 0.5) is 0 Å². The lowest BCUT2D eigenvalue weighted by Gasteiger charge is -2.17. The Morgan fingerprint density at radius 3 is 2.74 bits per heavy atom. The first-order valence-corrected chi connectivity index (χ1v) is 8.11. The molecule has 0 saturated heterocycles. The zero-order valence-electron chi connectivity index (χ0n) is 11.7. The van der Waals surface area contributed by atoms with Gasteiger partial charge in [-0.15, -0.1) is 11.6 Å². The SMILES string of the molecule is COc1cccc2c1nc(C(C)Cl)n2C(C)CSC. The number of ether oxygens (including phenoxy) is 1. The molecule has 0 aliphatic heterocycles. The molecule has 0 spiro atoms. The van der Waals surface area contributed by atoms with Gasteiger partial charge in [0.05, 0.1) is 18.0 Å². The molecule has 0 saturated carbocycles. The van der Waals surface area contributed by atoms with E-state index in [-0.39, 0.29) is 5.38 Å². The molecule has 2 aromatic rings. The number of thioether (sulfide) groups is 1. The molecule has 19 heavy (non-hydrogen) atoms. The summed E-state index contributed by atoms with van der Waals surface area (Å²) in [6.45, 7) is 4.15. The number of imidazole rings is 1. The number of fused-ring (bicyclic) bond motifs is 1. The van der Waals surface area contributed by atoms with Gasteiger partial charge in [-0.05, 0) is 32.2 Å². The summed E-state index contributed by atoms with van der Waals surface area (Å²) >= 11 is 8.11. The number of hydrogen-bond acceptors (Lipinski definition) is 3. The predicted octanol–water partition coefficient (Wildman–Crippen LogP) is 4.27. The summed E-state index contributed by atoms with van der Waals surface area (Å²) in [6.07, 6.45) is 2.11. The van der Waals surface area contributed by atoms with Crippen molar-refractivity contribution in [3.05, 3.63) is 24.0 Å². The van der Waals surface area contributed by atoms with Crippen molar-refractivity contribution in [2.75, 3.05) is 19.1 Å². The van der Waals surface area contributed by atoms with Gasteiger partial charge in [0.15, 0.2) is 0 Å². The van der Waals surface area contributed by atoms with Gasteiger partial charge in [-0.25, -0.2) is 4.98 Å². The minimum Gasteiger partial charge on any atom is -0.494 e. The predicted molar refractivity (Wildman–Crippen MR) is 83.6 cm³/mol. The molecule has 1 aromatic heterocycles. The molecule has 0 radical (unpaired) electrons. The Bertz CT molecular complexity index is 568. The molecule has 0 aliphatic carbocycles. The molecule has 2 unspecified atom stereocenters. The van der Waals surface area contributed by atoms with Crippen LogP contribution in [0, 0.1) is 0 Å². The van der Waals surface area contributed by atoms with Gasteiger partial charge in [0.25, 0.3) is 0 Å². The van der Waals surface area contributed by atoms with Crippen LogP contribution < -0.4 is 4.74 Å². The molecule has 1 heterocycles. The molecular weight excluding hydrogens is 280 g/mol. The molecule has 0 N–H and O–H groups in total. The molecule has 2 rings (SSSR count). The summed E-state index contributed by atoms with van der Waals surface area (Å²) in [7, 11) is 1.67. The third kappa shape index (κ3) is 2.70. The number of alkyl halides is 1. The average Bonchev–Trinajstić information content (AvgIpc) is 2.78. The van der Waals surface area contributed by atoms with E-state index in [1.807, 2.05) is 30.8 Å². The molecule has 0 amide bonds. The van der Waals surface area contributed by atoms with E-state index in [1.165, 1.54) is 0 Å². The van der Waals surface area contributed by atoms with Crippen LogP contribution in [0.3, 0.4) is 0 Å². The molecule has 104 valence electrons. The lowest BCUT2D eigenvalue weighted by atomic mass is 10.2. The number of aromatic nitrogens is 2. The largest absolute Gasteiger partial charge is 0.494 e. The second-order valence-electron chi connectivity index (χ2n) is 4.59. The summed E-state index contributed by atoms with van der Waals surface area (Å²) in [5, 5.41) is -0.124. The van der Waals surface area contributed by atoms with E-state index >= 15 is 0 Å². The van der Waals surface area contributed by atoms with E-state index in [4.69, 9.17) is 16.3 Å². The van der Waals surface area contributed by atoms with Crippen molar-refractivity contribution in [2.24, 2.45) is 0 Å². The van der Waals surface area contributed by atoms with Crippen molar-refractivity contribution in [2.45, 2.75) is 25.3 Å². The van der Waals surface area contributed by atoms with Gasteiger partial charge in [-0.1, -0.05) is 6.07 Å². The molecule has 1 aromatic carbocycles. The smallest absolute Gasteiger partial charge is 0.146 e. The van der Waals surface area contributed by atoms with Crippen molar-refractivity contribution in [3.63, 3.8) is 0 Å². The molecule has 2 atom stereocenters. The monoisotopic (exact) mass is 298 g/mol. The fourth-order valence-electron chi connectivity index (χ4n) is 2.33. The number of para-hydroxylation sites is 1. The Hall–Kier alpha value is -0.870. The lowest BCUT2D eigenvalue weighted by Crippen LogP contribution is -2.11. The number of rotatable bonds is 5. The normalized spacial score (nSPS) is 14.6. The Morgan fingerprint density at radius 2 is 2.16 bits per heavy atom. The molecule has 0 aliphatic rings. The maximum Gasteiger partial charge on any atom is 0.146 e. The Labute approximate surface area is 123 Å². The number of methoxy groups -OCH3 is 1. The Kier molecular flexibility index (Phi) is 4.63. The van der Waals surface area contributed by atoms with E-state index in [9.17, 15) is 0 Å². The third-order valence-electron chi connectivity index (χ3n) is 3.13. The van der Waals surface area contributed by atoms with Crippen molar-refractivity contribution in [1.29, 1.82) is 0 Å². The minimum absolute atomic E-state index is 0.124. The van der Waals surface area contributed by atoms with E-state index in [2.05, 4.69) is 28.8 Å². The number of benzene rings is 1. The van der Waals surface area contributed by atoms with Gasteiger partial charge >= 0.3 is 0 Å². The maximum atomic E-state index is 6.29. The van der Waals surface area contributed by atoms with Crippen molar-refractivity contribution < 1.29 is 4.74 Å². The van der Waals surface area contributed by atoms with Crippen LogP contribution >= 0.6 is 23.4 Å². The summed E-state index contributed by atoms with van der Waals surface area (Å²) in [6, 6.07) is 6.35. The number of nitrogens with zero attached hydrogens (tertiary/aromatic N) is 2.